The molecule has 1 N–H and O–H groups in total. The fourth-order valence-corrected chi connectivity index (χ4v) is 5.56. The van der Waals surface area contributed by atoms with E-state index in [4.69, 9.17) is 9.47 Å². The molecule has 2 aliphatic rings. The van der Waals surface area contributed by atoms with E-state index in [9.17, 15) is 8.42 Å². The zero-order valence-electron chi connectivity index (χ0n) is 15.4. The Kier molecular flexibility index (Phi) is 7.29. The first kappa shape index (κ1) is 21.4. The predicted molar refractivity (Wildman–Crippen MR) is 103 cm³/mol. The second kappa shape index (κ2) is 8.86. The number of hydrogen-bond donors (Lipinski definition) is 1. The van der Waals surface area contributed by atoms with Gasteiger partial charge in [-0.15, -0.1) is 12.4 Å². The Labute approximate surface area is 162 Å². The minimum absolute atomic E-state index is 0. The van der Waals surface area contributed by atoms with Crippen LogP contribution in [0.1, 0.15) is 25.5 Å². The monoisotopic (exact) mass is 405 g/mol. The molecule has 0 bridgehead atoms. The summed E-state index contributed by atoms with van der Waals surface area (Å²) in [7, 11) is -1.97. The molecule has 148 valence electrons. The van der Waals surface area contributed by atoms with Crippen molar-refractivity contribution in [1.29, 1.82) is 0 Å². The molecule has 2 fully saturated rings. The Morgan fingerprint density at radius 1 is 1.19 bits per heavy atom. The smallest absolute Gasteiger partial charge is 0.282 e. The van der Waals surface area contributed by atoms with Gasteiger partial charge in [0.05, 0.1) is 25.4 Å². The largest absolute Gasteiger partial charge is 0.496 e. The van der Waals surface area contributed by atoms with Gasteiger partial charge in [0, 0.05) is 38.3 Å². The highest BCUT2D eigenvalue weighted by Gasteiger charge is 2.40. The second-order valence-electron chi connectivity index (χ2n) is 6.65. The Morgan fingerprint density at radius 3 is 2.50 bits per heavy atom. The molecule has 0 radical (unpaired) electrons. The Bertz CT molecular complexity index is 693. The van der Waals surface area contributed by atoms with Gasteiger partial charge >= 0.3 is 0 Å². The summed E-state index contributed by atoms with van der Waals surface area (Å²) in [6, 6.07) is 7.32. The average molecular weight is 406 g/mol. The minimum Gasteiger partial charge on any atom is -0.496 e. The van der Waals surface area contributed by atoms with Crippen LogP contribution in [-0.4, -0.2) is 69.1 Å². The molecule has 7 nitrogen and oxygen atoms in total. The summed E-state index contributed by atoms with van der Waals surface area (Å²) in [5, 5.41) is 3.30. The van der Waals surface area contributed by atoms with Crippen LogP contribution in [0.2, 0.25) is 0 Å². The lowest BCUT2D eigenvalue weighted by atomic mass is 10.0. The number of rotatable bonds is 4. The summed E-state index contributed by atoms with van der Waals surface area (Å²) in [4.78, 5) is 0. The van der Waals surface area contributed by atoms with Gasteiger partial charge in [0.1, 0.15) is 5.75 Å². The third-order valence-electron chi connectivity index (χ3n) is 4.70. The fourth-order valence-electron chi connectivity index (χ4n) is 3.64. The van der Waals surface area contributed by atoms with Crippen LogP contribution in [0.5, 0.6) is 5.75 Å². The highest BCUT2D eigenvalue weighted by Crippen LogP contribution is 2.33. The number of ether oxygens (including phenoxy) is 2. The lowest BCUT2D eigenvalue weighted by Gasteiger charge is -2.42. The maximum atomic E-state index is 13.3. The first-order valence-corrected chi connectivity index (χ1v) is 10.1. The quantitative estimate of drug-likeness (QED) is 0.820. The molecule has 0 spiro atoms. The van der Waals surface area contributed by atoms with Crippen LogP contribution in [0.15, 0.2) is 24.3 Å². The molecule has 1 aromatic carbocycles. The molecule has 0 amide bonds. The molecule has 0 saturated carbocycles. The predicted octanol–water partition coefficient (Wildman–Crippen LogP) is 1.42. The summed E-state index contributed by atoms with van der Waals surface area (Å²) in [6.45, 7) is 6.23. The Morgan fingerprint density at radius 2 is 1.85 bits per heavy atom. The van der Waals surface area contributed by atoms with Crippen molar-refractivity contribution < 1.29 is 17.9 Å². The van der Waals surface area contributed by atoms with Crippen molar-refractivity contribution in [3.63, 3.8) is 0 Å². The molecule has 1 aromatic rings. The third kappa shape index (κ3) is 4.32. The van der Waals surface area contributed by atoms with Crippen molar-refractivity contribution in [3.8, 4) is 5.75 Å². The molecular formula is C17H28ClN3O4S. The molecule has 0 aromatic heterocycles. The number of benzene rings is 1. The van der Waals surface area contributed by atoms with Gasteiger partial charge in [-0.2, -0.15) is 17.0 Å². The van der Waals surface area contributed by atoms with Gasteiger partial charge < -0.3 is 14.8 Å². The van der Waals surface area contributed by atoms with Crippen LogP contribution in [0.3, 0.4) is 0 Å². The Hall–Kier alpha value is -0.900. The topological polar surface area (TPSA) is 71.1 Å². The van der Waals surface area contributed by atoms with E-state index in [1.807, 2.05) is 38.1 Å². The van der Waals surface area contributed by atoms with E-state index in [0.717, 1.165) is 5.56 Å². The molecule has 9 heteroatoms. The standard InChI is InChI=1S/C17H27N3O4S.ClH/c1-13-11-19(12-14(2)24-13)25(21,22)20-9-8-18-10-16(20)15-6-4-5-7-17(15)23-3;/h4-7,13-14,16,18H,8-12H2,1-3H3;1H. The summed E-state index contributed by atoms with van der Waals surface area (Å²) in [5.41, 5.74) is 0.884. The molecular weight excluding hydrogens is 378 g/mol. The molecule has 3 unspecified atom stereocenters. The van der Waals surface area contributed by atoms with Crippen molar-refractivity contribution in [3.05, 3.63) is 29.8 Å². The normalized spacial score (nSPS) is 28.3. The molecule has 2 saturated heterocycles. The van der Waals surface area contributed by atoms with E-state index in [2.05, 4.69) is 5.32 Å². The highest BCUT2D eigenvalue weighted by molar-refractivity contribution is 7.86. The number of halogens is 1. The number of hydrogen-bond acceptors (Lipinski definition) is 5. The van der Waals surface area contributed by atoms with Gasteiger partial charge in [-0.25, -0.2) is 0 Å². The van der Waals surface area contributed by atoms with Crippen LogP contribution in [0.25, 0.3) is 0 Å². The van der Waals surface area contributed by atoms with E-state index >= 15 is 0 Å². The molecule has 2 aliphatic heterocycles. The van der Waals surface area contributed by atoms with Crippen LogP contribution in [-0.2, 0) is 14.9 Å². The molecule has 2 heterocycles. The van der Waals surface area contributed by atoms with Gasteiger partial charge in [-0.3, -0.25) is 0 Å². The van der Waals surface area contributed by atoms with Gasteiger partial charge in [0.15, 0.2) is 0 Å². The Balaban J connectivity index is 0.00000243. The summed E-state index contributed by atoms with van der Waals surface area (Å²) < 4.78 is 41.0. The first-order valence-electron chi connectivity index (χ1n) is 8.69. The SMILES string of the molecule is COc1ccccc1C1CNCCN1S(=O)(=O)N1CC(C)OC(C)C1.Cl. The van der Waals surface area contributed by atoms with Crippen molar-refractivity contribution in [2.75, 3.05) is 39.8 Å². The molecule has 26 heavy (non-hydrogen) atoms. The zero-order chi connectivity index (χ0) is 18.0. The second-order valence-corrected chi connectivity index (χ2v) is 8.54. The number of piperazine rings is 1. The van der Waals surface area contributed by atoms with E-state index in [0.29, 0.717) is 38.5 Å². The zero-order valence-corrected chi connectivity index (χ0v) is 17.1. The third-order valence-corrected chi connectivity index (χ3v) is 6.68. The minimum atomic E-state index is -3.58. The molecule has 3 rings (SSSR count). The van der Waals surface area contributed by atoms with Crippen molar-refractivity contribution >= 4 is 22.6 Å². The van der Waals surface area contributed by atoms with Gasteiger partial charge in [-0.05, 0) is 19.9 Å². The van der Waals surface area contributed by atoms with Crippen LogP contribution >= 0.6 is 12.4 Å². The van der Waals surface area contributed by atoms with E-state index in [1.54, 1.807) is 15.7 Å². The number of nitrogens with zero attached hydrogens (tertiary/aromatic N) is 2. The summed E-state index contributed by atoms with van der Waals surface area (Å²) in [5.74, 6) is 0.708. The van der Waals surface area contributed by atoms with Crippen molar-refractivity contribution in [2.45, 2.75) is 32.1 Å². The van der Waals surface area contributed by atoms with Crippen LogP contribution in [0.4, 0.5) is 0 Å². The van der Waals surface area contributed by atoms with Gasteiger partial charge in [0.25, 0.3) is 10.2 Å². The lowest BCUT2D eigenvalue weighted by molar-refractivity contribution is -0.0459. The number of morpholine rings is 1. The van der Waals surface area contributed by atoms with E-state index < -0.39 is 10.2 Å². The summed E-state index contributed by atoms with van der Waals surface area (Å²) in [6.07, 6.45) is -0.211. The van der Waals surface area contributed by atoms with E-state index in [1.165, 1.54) is 0 Å². The van der Waals surface area contributed by atoms with Crippen LogP contribution in [0, 0.1) is 0 Å². The summed E-state index contributed by atoms with van der Waals surface area (Å²) >= 11 is 0. The maximum absolute atomic E-state index is 13.3. The lowest BCUT2D eigenvalue weighted by Crippen LogP contribution is -2.57. The molecule has 0 aliphatic carbocycles. The fraction of sp³-hybridized carbons (Fsp3) is 0.647. The van der Waals surface area contributed by atoms with E-state index in [-0.39, 0.29) is 30.7 Å². The first-order chi connectivity index (χ1) is 11.9. The number of para-hydroxylation sites is 1. The number of nitrogens with one attached hydrogen (secondary N) is 1. The van der Waals surface area contributed by atoms with Crippen molar-refractivity contribution in [1.82, 2.24) is 13.9 Å². The average Bonchev–Trinajstić information content (AvgIpc) is 2.61. The van der Waals surface area contributed by atoms with Crippen LogP contribution < -0.4 is 10.1 Å². The number of methoxy groups -OCH3 is 1. The molecule has 3 atom stereocenters. The van der Waals surface area contributed by atoms with Gasteiger partial charge in [-0.1, -0.05) is 18.2 Å². The van der Waals surface area contributed by atoms with Crippen molar-refractivity contribution in [2.24, 2.45) is 0 Å². The van der Waals surface area contributed by atoms with Gasteiger partial charge in [0.2, 0.25) is 0 Å². The highest BCUT2D eigenvalue weighted by atomic mass is 35.5. The maximum Gasteiger partial charge on any atom is 0.282 e.